The van der Waals surface area contributed by atoms with Crippen molar-refractivity contribution in [3.8, 4) is 0 Å². The van der Waals surface area contributed by atoms with Crippen LogP contribution in [0.2, 0.25) is 0 Å². The molecule has 0 heterocycles. The van der Waals surface area contributed by atoms with E-state index in [1.807, 2.05) is 43.3 Å². The predicted octanol–water partition coefficient (Wildman–Crippen LogP) is 2.01. The number of aryl methyl sites for hydroxylation is 1. The van der Waals surface area contributed by atoms with Gasteiger partial charge in [0.2, 0.25) is 5.91 Å². The van der Waals surface area contributed by atoms with E-state index in [1.54, 1.807) is 26.2 Å². The third-order valence-corrected chi connectivity index (χ3v) is 3.79. The summed E-state index contributed by atoms with van der Waals surface area (Å²) in [6, 6.07) is 14.1. The smallest absolute Gasteiger partial charge is 0.253 e. The van der Waals surface area contributed by atoms with Crippen LogP contribution >= 0.6 is 0 Å². The van der Waals surface area contributed by atoms with E-state index in [2.05, 4.69) is 5.32 Å². The van der Waals surface area contributed by atoms with Crippen molar-refractivity contribution in [2.24, 2.45) is 5.73 Å². The molecule has 3 N–H and O–H groups in total. The van der Waals surface area contributed by atoms with Crippen LogP contribution in [0.3, 0.4) is 0 Å². The Morgan fingerprint density at radius 1 is 1.04 bits per heavy atom. The number of nitrogens with two attached hydrogens (primary N) is 1. The van der Waals surface area contributed by atoms with E-state index in [4.69, 9.17) is 5.73 Å². The molecule has 0 aliphatic rings. The van der Waals surface area contributed by atoms with Gasteiger partial charge in [-0.05, 0) is 30.2 Å². The Labute approximate surface area is 142 Å². The number of carbonyl (C=O) groups excluding carboxylic acids is 2. The van der Waals surface area contributed by atoms with Gasteiger partial charge in [-0.25, -0.2) is 0 Å². The summed E-state index contributed by atoms with van der Waals surface area (Å²) >= 11 is 0. The molecule has 0 saturated heterocycles. The third-order valence-electron chi connectivity index (χ3n) is 3.79. The van der Waals surface area contributed by atoms with E-state index < -0.39 is 6.04 Å². The molecular formula is C19H23N3O2. The molecule has 5 heteroatoms. The fourth-order valence-corrected chi connectivity index (χ4v) is 2.25. The Morgan fingerprint density at radius 3 is 2.17 bits per heavy atom. The van der Waals surface area contributed by atoms with Crippen molar-refractivity contribution in [3.05, 3.63) is 70.8 Å². The summed E-state index contributed by atoms with van der Waals surface area (Å²) in [5.41, 5.74) is 9.42. The second kappa shape index (κ2) is 7.75. The van der Waals surface area contributed by atoms with Crippen molar-refractivity contribution in [2.75, 3.05) is 14.1 Å². The molecule has 2 amide bonds. The van der Waals surface area contributed by atoms with Gasteiger partial charge in [-0.15, -0.1) is 0 Å². The Morgan fingerprint density at radius 2 is 1.62 bits per heavy atom. The van der Waals surface area contributed by atoms with Gasteiger partial charge in [-0.1, -0.05) is 42.0 Å². The fraction of sp³-hybridized carbons (Fsp3) is 0.263. The van der Waals surface area contributed by atoms with Gasteiger partial charge >= 0.3 is 0 Å². The van der Waals surface area contributed by atoms with E-state index in [9.17, 15) is 9.59 Å². The van der Waals surface area contributed by atoms with Crippen molar-refractivity contribution in [1.82, 2.24) is 10.2 Å². The van der Waals surface area contributed by atoms with Gasteiger partial charge in [0.25, 0.3) is 5.91 Å². The lowest BCUT2D eigenvalue weighted by Gasteiger charge is -2.13. The summed E-state index contributed by atoms with van der Waals surface area (Å²) in [7, 11) is 3.42. The highest BCUT2D eigenvalue weighted by molar-refractivity contribution is 5.93. The minimum absolute atomic E-state index is 0.0491. The number of hydrogen-bond acceptors (Lipinski definition) is 3. The number of hydrogen-bond donors (Lipinski definition) is 2. The lowest BCUT2D eigenvalue weighted by Crippen LogP contribution is -2.33. The van der Waals surface area contributed by atoms with Gasteiger partial charge in [0, 0.05) is 26.2 Å². The van der Waals surface area contributed by atoms with Gasteiger partial charge < -0.3 is 16.0 Å². The maximum Gasteiger partial charge on any atom is 0.253 e. The van der Waals surface area contributed by atoms with Gasteiger partial charge in [-0.3, -0.25) is 9.59 Å². The van der Waals surface area contributed by atoms with Gasteiger partial charge in [0.1, 0.15) is 6.04 Å². The van der Waals surface area contributed by atoms with Crippen LogP contribution in [0.15, 0.2) is 48.5 Å². The lowest BCUT2D eigenvalue weighted by molar-refractivity contribution is -0.122. The Kier molecular flexibility index (Phi) is 5.71. The molecule has 0 aromatic heterocycles. The van der Waals surface area contributed by atoms with Crippen molar-refractivity contribution in [1.29, 1.82) is 0 Å². The first kappa shape index (κ1) is 17.7. The largest absolute Gasteiger partial charge is 0.350 e. The Hall–Kier alpha value is -2.66. The molecule has 2 aromatic rings. The zero-order valence-electron chi connectivity index (χ0n) is 14.2. The molecule has 0 spiro atoms. The number of amides is 2. The van der Waals surface area contributed by atoms with Crippen LogP contribution < -0.4 is 11.1 Å². The highest BCUT2D eigenvalue weighted by Crippen LogP contribution is 2.12. The van der Waals surface area contributed by atoms with Crippen LogP contribution in [0.5, 0.6) is 0 Å². The van der Waals surface area contributed by atoms with E-state index in [0.29, 0.717) is 12.1 Å². The van der Waals surface area contributed by atoms with Crippen LogP contribution in [0, 0.1) is 6.92 Å². The SMILES string of the molecule is Cc1ccc(C(N)C(=O)NCc2ccc(C(=O)N(C)C)cc2)cc1. The monoisotopic (exact) mass is 325 g/mol. The highest BCUT2D eigenvalue weighted by atomic mass is 16.2. The van der Waals surface area contributed by atoms with Gasteiger partial charge in [0.05, 0.1) is 0 Å². The van der Waals surface area contributed by atoms with Crippen LogP contribution in [-0.4, -0.2) is 30.8 Å². The maximum absolute atomic E-state index is 12.2. The summed E-state index contributed by atoms with van der Waals surface area (Å²) < 4.78 is 0. The molecule has 0 bridgehead atoms. The quantitative estimate of drug-likeness (QED) is 0.883. The molecule has 0 fully saturated rings. The zero-order valence-corrected chi connectivity index (χ0v) is 14.2. The van der Waals surface area contributed by atoms with Crippen LogP contribution in [0.1, 0.15) is 33.1 Å². The van der Waals surface area contributed by atoms with E-state index in [1.165, 1.54) is 4.90 Å². The number of benzene rings is 2. The minimum atomic E-state index is -0.694. The van der Waals surface area contributed by atoms with Crippen LogP contribution in [-0.2, 0) is 11.3 Å². The highest BCUT2D eigenvalue weighted by Gasteiger charge is 2.15. The summed E-state index contributed by atoms with van der Waals surface area (Å²) in [5.74, 6) is -0.278. The molecule has 2 aromatic carbocycles. The maximum atomic E-state index is 12.2. The molecule has 1 unspecified atom stereocenters. The third kappa shape index (κ3) is 4.43. The van der Waals surface area contributed by atoms with E-state index in [0.717, 1.165) is 16.7 Å². The normalized spacial score (nSPS) is 11.7. The average molecular weight is 325 g/mol. The first-order chi connectivity index (χ1) is 11.4. The summed E-state index contributed by atoms with van der Waals surface area (Å²) in [5, 5.41) is 2.82. The lowest BCUT2D eigenvalue weighted by atomic mass is 10.1. The number of carbonyl (C=O) groups is 2. The van der Waals surface area contributed by atoms with E-state index in [-0.39, 0.29) is 11.8 Å². The van der Waals surface area contributed by atoms with Crippen molar-refractivity contribution in [2.45, 2.75) is 19.5 Å². The minimum Gasteiger partial charge on any atom is -0.350 e. The fourth-order valence-electron chi connectivity index (χ4n) is 2.25. The molecule has 24 heavy (non-hydrogen) atoms. The first-order valence-electron chi connectivity index (χ1n) is 7.79. The zero-order chi connectivity index (χ0) is 17.7. The number of nitrogens with zero attached hydrogens (tertiary/aromatic N) is 1. The van der Waals surface area contributed by atoms with Crippen molar-refractivity contribution >= 4 is 11.8 Å². The standard InChI is InChI=1S/C19H23N3O2/c1-13-4-8-15(9-5-13)17(20)18(23)21-12-14-6-10-16(11-7-14)19(24)22(2)3/h4-11,17H,12,20H2,1-3H3,(H,21,23). The molecular weight excluding hydrogens is 302 g/mol. The molecule has 5 nitrogen and oxygen atoms in total. The van der Waals surface area contributed by atoms with Crippen LogP contribution in [0.4, 0.5) is 0 Å². The first-order valence-corrected chi connectivity index (χ1v) is 7.79. The topological polar surface area (TPSA) is 75.4 Å². The van der Waals surface area contributed by atoms with Gasteiger partial charge in [0.15, 0.2) is 0 Å². The molecule has 2 rings (SSSR count). The Bertz CT molecular complexity index is 706. The molecule has 0 radical (unpaired) electrons. The van der Waals surface area contributed by atoms with Gasteiger partial charge in [-0.2, -0.15) is 0 Å². The summed E-state index contributed by atoms with van der Waals surface area (Å²) in [6.07, 6.45) is 0. The Balaban J connectivity index is 1.94. The summed E-state index contributed by atoms with van der Waals surface area (Å²) in [6.45, 7) is 2.36. The summed E-state index contributed by atoms with van der Waals surface area (Å²) in [4.78, 5) is 25.5. The average Bonchev–Trinajstić information content (AvgIpc) is 2.59. The predicted molar refractivity (Wildman–Crippen MR) is 94.4 cm³/mol. The second-order valence-corrected chi connectivity index (χ2v) is 6.00. The molecule has 0 aliphatic heterocycles. The molecule has 0 aliphatic carbocycles. The molecule has 126 valence electrons. The van der Waals surface area contributed by atoms with Crippen LogP contribution in [0.25, 0.3) is 0 Å². The van der Waals surface area contributed by atoms with Crippen molar-refractivity contribution < 1.29 is 9.59 Å². The molecule has 0 saturated carbocycles. The molecule has 1 atom stereocenters. The second-order valence-electron chi connectivity index (χ2n) is 6.00. The van der Waals surface area contributed by atoms with E-state index >= 15 is 0 Å². The number of nitrogens with one attached hydrogen (secondary N) is 1. The van der Waals surface area contributed by atoms with Crippen molar-refractivity contribution in [3.63, 3.8) is 0 Å². The number of rotatable bonds is 5.